The van der Waals surface area contributed by atoms with Gasteiger partial charge in [-0.15, -0.1) is 49.3 Å². The lowest BCUT2D eigenvalue weighted by Gasteiger charge is -2.11. The molecule has 1 aliphatic heterocycles. The molecular weight excluding hydrogens is 827 g/mol. The van der Waals surface area contributed by atoms with Gasteiger partial charge in [0.2, 0.25) is 5.95 Å². The Kier molecular flexibility index (Phi) is 14.1. The Morgan fingerprint density at radius 2 is 1.30 bits per heavy atom. The molecule has 0 aromatic carbocycles. The Hall–Kier alpha value is -4.77. The number of aromatic nitrogens is 9. The van der Waals surface area contributed by atoms with E-state index in [1.807, 2.05) is 12.1 Å². The number of fused-ring (bicyclic) bond motifs is 3. The Morgan fingerprint density at radius 3 is 1.79 bits per heavy atom. The van der Waals surface area contributed by atoms with E-state index in [-0.39, 0.29) is 57.5 Å². The van der Waals surface area contributed by atoms with Gasteiger partial charge in [-0.1, -0.05) is 0 Å². The minimum absolute atomic E-state index is 0. The summed E-state index contributed by atoms with van der Waals surface area (Å²) in [6.07, 6.45) is 1.73. The molecule has 47 heavy (non-hydrogen) atoms. The van der Waals surface area contributed by atoms with Gasteiger partial charge in [0, 0.05) is 12.4 Å². The van der Waals surface area contributed by atoms with Gasteiger partial charge in [-0.2, -0.15) is 23.7 Å². The van der Waals surface area contributed by atoms with Crippen LogP contribution in [0.3, 0.4) is 0 Å². The molecule has 6 aromatic rings. The second-order valence-electron chi connectivity index (χ2n) is 9.05. The van der Waals surface area contributed by atoms with Crippen molar-refractivity contribution < 1.29 is 24.1 Å². The lowest BCUT2D eigenvalue weighted by atomic mass is 10.1. The van der Waals surface area contributed by atoms with Crippen LogP contribution in [0.2, 0.25) is 0 Å². The fraction of sp³-hybridized carbons (Fsp3) is 0.167. The van der Waals surface area contributed by atoms with Gasteiger partial charge in [0.25, 0.3) is 5.91 Å². The number of urea groups is 1. The van der Waals surface area contributed by atoms with Crippen LogP contribution in [0.4, 0.5) is 41.4 Å². The maximum absolute atomic E-state index is 12.6. The van der Waals surface area contributed by atoms with E-state index < -0.39 is 30.9 Å². The Morgan fingerprint density at radius 1 is 0.809 bits per heavy atom. The van der Waals surface area contributed by atoms with Gasteiger partial charge in [0.05, 0.1) is 8.52 Å². The summed E-state index contributed by atoms with van der Waals surface area (Å²) in [7, 11) is -1.00. The van der Waals surface area contributed by atoms with E-state index in [2.05, 4.69) is 56.8 Å². The molecule has 7 heterocycles. The quantitative estimate of drug-likeness (QED) is 0.121. The molecular formula is C24H29Br3F3N15O2. The minimum atomic E-state index is -1.00. The van der Waals surface area contributed by atoms with E-state index in [1.165, 1.54) is 9.03 Å². The Bertz CT molecular complexity index is 1910. The van der Waals surface area contributed by atoms with Crippen molar-refractivity contribution in [2.24, 2.45) is 0 Å². The SMILES string of the molecule is Br.Br.CC1(C)NC(=O)NC1=O.Nc1nc(F)nn2c(Br)ccc12.Nc1nc(F)nn2cccc12.Nc1nc(N)c2cccn2n1.[2H]CF. The first-order valence-electron chi connectivity index (χ1n) is 12.9. The van der Waals surface area contributed by atoms with Crippen molar-refractivity contribution in [1.29, 1.82) is 0 Å². The molecule has 0 bridgehead atoms. The number of alkyl halides is 1. The number of carbonyl (C=O) groups is 2. The van der Waals surface area contributed by atoms with E-state index >= 15 is 0 Å². The van der Waals surface area contributed by atoms with Crippen molar-refractivity contribution >= 4 is 102 Å². The maximum atomic E-state index is 12.6. The van der Waals surface area contributed by atoms with Gasteiger partial charge in [-0.05, 0) is 66.2 Å². The number of halogens is 6. The molecule has 0 spiro atoms. The van der Waals surface area contributed by atoms with Crippen molar-refractivity contribution in [3.8, 4) is 0 Å². The molecule has 0 atom stereocenters. The Labute approximate surface area is 294 Å². The first-order chi connectivity index (χ1) is 21.7. The molecule has 3 amide bonds. The number of amides is 3. The highest BCUT2D eigenvalue weighted by Crippen LogP contribution is 2.17. The molecule has 17 nitrogen and oxygen atoms in total. The first kappa shape index (κ1) is 38.4. The third kappa shape index (κ3) is 10.1. The summed E-state index contributed by atoms with van der Waals surface area (Å²) in [6.45, 7) is 3.29. The van der Waals surface area contributed by atoms with Gasteiger partial charge >= 0.3 is 18.2 Å². The second kappa shape index (κ2) is 17.2. The van der Waals surface area contributed by atoms with Crippen LogP contribution in [0.15, 0.2) is 53.4 Å². The summed E-state index contributed by atoms with van der Waals surface area (Å²) < 4.78 is 45.5. The number of rotatable bonds is 0. The standard InChI is InChI=1S/C6H4BrFN4.C6H5FN4.C6H7N5.C5H8N2O2.CH3F.2BrH/c7-4-2-1-3-5(9)10-6(8)11-12(3)4;7-6-9-5(8)4-2-1-3-11(4)10-6;7-5-4-2-1-3-11(4)10-6(8)9-5;1-5(2)3(8)6-4(9)7-5;1-2;;/h1-2H,(H2,9,10,11);1-3H,(H2,8,9,10);1-3H,(H4,7,8,9,10);1-2H3,(H2,6,7,8,9);1H3;2*1H/i;;;;1D;;. The maximum Gasteiger partial charge on any atom is 0.327 e. The van der Waals surface area contributed by atoms with Crippen molar-refractivity contribution in [1.82, 2.24) is 54.4 Å². The van der Waals surface area contributed by atoms with Gasteiger partial charge in [0.15, 0.2) is 17.5 Å². The van der Waals surface area contributed by atoms with Crippen LogP contribution in [0.5, 0.6) is 0 Å². The average molecular weight is 857 g/mol. The van der Waals surface area contributed by atoms with E-state index in [4.69, 9.17) is 24.3 Å². The number of nitrogens with two attached hydrogens (primary N) is 4. The van der Waals surface area contributed by atoms with Gasteiger partial charge in [0.1, 0.15) is 26.7 Å². The van der Waals surface area contributed by atoms with Gasteiger partial charge in [-0.3, -0.25) is 14.5 Å². The molecule has 1 fully saturated rings. The van der Waals surface area contributed by atoms with Crippen LogP contribution in [-0.2, 0) is 4.79 Å². The van der Waals surface area contributed by atoms with E-state index in [0.29, 0.717) is 21.5 Å². The number of imide groups is 1. The molecule has 0 radical (unpaired) electrons. The van der Waals surface area contributed by atoms with Gasteiger partial charge in [-0.25, -0.2) is 18.3 Å². The molecule has 1 saturated heterocycles. The summed E-state index contributed by atoms with van der Waals surface area (Å²) in [5.41, 5.74) is 23.0. The summed E-state index contributed by atoms with van der Waals surface area (Å²) >= 11 is 3.19. The zero-order chi connectivity index (χ0) is 34.2. The number of anilines is 4. The van der Waals surface area contributed by atoms with Crippen LogP contribution in [0.1, 0.15) is 15.2 Å². The topological polar surface area (TPSA) is 253 Å². The highest BCUT2D eigenvalue weighted by molar-refractivity contribution is 9.10. The van der Waals surface area contributed by atoms with Crippen LogP contribution in [0.25, 0.3) is 16.6 Å². The molecule has 0 aliphatic carbocycles. The van der Waals surface area contributed by atoms with Crippen LogP contribution < -0.4 is 33.6 Å². The summed E-state index contributed by atoms with van der Waals surface area (Å²) in [5, 5.41) is 15.4. The Balaban J connectivity index is 0.000000308. The predicted octanol–water partition coefficient (Wildman–Crippen LogP) is 2.90. The minimum Gasteiger partial charge on any atom is -0.382 e. The molecule has 0 unspecified atom stereocenters. The average Bonchev–Trinajstić information content (AvgIpc) is 3.74. The molecule has 10 N–H and O–H groups in total. The summed E-state index contributed by atoms with van der Waals surface area (Å²) in [5.74, 6) is 0.608. The molecule has 1 aliphatic rings. The number of hydrogen-bond acceptors (Lipinski definition) is 12. The van der Waals surface area contributed by atoms with Crippen molar-refractivity contribution in [2.75, 3.05) is 30.1 Å². The molecule has 23 heteroatoms. The van der Waals surface area contributed by atoms with Crippen molar-refractivity contribution in [3.05, 3.63) is 65.6 Å². The lowest BCUT2D eigenvalue weighted by Crippen LogP contribution is -2.39. The monoisotopic (exact) mass is 854 g/mol. The second-order valence-corrected chi connectivity index (χ2v) is 9.86. The highest BCUT2D eigenvalue weighted by Gasteiger charge is 2.36. The summed E-state index contributed by atoms with van der Waals surface area (Å²) in [6, 6.07) is 10.1. The highest BCUT2D eigenvalue weighted by atomic mass is 79.9. The zero-order valence-electron chi connectivity index (χ0n) is 25.3. The van der Waals surface area contributed by atoms with Gasteiger partial charge < -0.3 is 28.3 Å². The number of nitrogens with one attached hydrogen (secondary N) is 2. The smallest absolute Gasteiger partial charge is 0.327 e. The predicted molar refractivity (Wildman–Crippen MR) is 183 cm³/mol. The fourth-order valence-corrected chi connectivity index (χ4v) is 3.90. The zero-order valence-corrected chi connectivity index (χ0v) is 29.3. The van der Waals surface area contributed by atoms with Crippen LogP contribution >= 0.6 is 49.9 Å². The van der Waals surface area contributed by atoms with Crippen molar-refractivity contribution in [2.45, 2.75) is 19.4 Å². The lowest BCUT2D eigenvalue weighted by molar-refractivity contribution is -0.122. The number of nitrogens with zero attached hydrogens (tertiary/aromatic N) is 9. The van der Waals surface area contributed by atoms with Crippen molar-refractivity contribution in [3.63, 3.8) is 0 Å². The number of nitrogen functional groups attached to an aromatic ring is 4. The van der Waals surface area contributed by atoms with E-state index in [0.717, 1.165) is 5.52 Å². The fourth-order valence-electron chi connectivity index (χ4n) is 3.50. The summed E-state index contributed by atoms with van der Waals surface area (Å²) in [4.78, 5) is 31.7. The van der Waals surface area contributed by atoms with E-state index in [9.17, 15) is 22.8 Å². The molecule has 0 saturated carbocycles. The number of hydrogen-bond donors (Lipinski definition) is 6. The molecule has 254 valence electrons. The number of carbonyl (C=O) groups excluding carboxylic acids is 2. The van der Waals surface area contributed by atoms with Crippen LogP contribution in [0, 0.1) is 12.2 Å². The molecule has 6 aromatic heterocycles. The molecule has 7 rings (SSSR count). The largest absolute Gasteiger partial charge is 0.382 e. The third-order valence-corrected chi connectivity index (χ3v) is 6.12. The third-order valence-electron chi connectivity index (χ3n) is 5.52. The first-order valence-corrected chi connectivity index (χ1v) is 13.0. The van der Waals surface area contributed by atoms with E-state index in [1.54, 1.807) is 55.0 Å². The normalized spacial score (nSPS) is 12.6. The van der Waals surface area contributed by atoms with Crippen LogP contribution in [-0.4, -0.2) is 68.4 Å².